The van der Waals surface area contributed by atoms with Gasteiger partial charge in [-0.25, -0.2) is 0 Å². The maximum absolute atomic E-state index is 12.2. The molecule has 0 aliphatic rings. The van der Waals surface area contributed by atoms with Crippen LogP contribution in [0.3, 0.4) is 0 Å². The number of aromatic nitrogens is 2. The second-order valence-corrected chi connectivity index (χ2v) is 5.91. The number of ether oxygens (including phenoxy) is 1. The fraction of sp³-hybridized carbons (Fsp3) is 0.167. The monoisotopic (exact) mass is 339 g/mol. The van der Waals surface area contributed by atoms with Gasteiger partial charge in [-0.05, 0) is 17.5 Å². The molecule has 6 heteroatoms. The molecule has 122 valence electrons. The number of hydrogen-bond acceptors (Lipinski definition) is 5. The van der Waals surface area contributed by atoms with Crippen LogP contribution in [0, 0.1) is 0 Å². The molecule has 0 fully saturated rings. The summed E-state index contributed by atoms with van der Waals surface area (Å²) < 4.78 is 5.28. The first kappa shape index (κ1) is 16.1. The average molecular weight is 339 g/mol. The van der Waals surface area contributed by atoms with Crippen molar-refractivity contribution in [2.45, 2.75) is 13.0 Å². The van der Waals surface area contributed by atoms with Gasteiger partial charge in [0.15, 0.2) is 0 Å². The molecule has 0 radical (unpaired) electrons. The van der Waals surface area contributed by atoms with Gasteiger partial charge in [0.25, 0.3) is 0 Å². The Balaban J connectivity index is 1.67. The highest BCUT2D eigenvalue weighted by molar-refractivity contribution is 7.08. The van der Waals surface area contributed by atoms with Crippen LogP contribution in [-0.2, 0) is 17.8 Å². The van der Waals surface area contributed by atoms with Crippen molar-refractivity contribution >= 4 is 17.2 Å². The van der Waals surface area contributed by atoms with Gasteiger partial charge >= 0.3 is 0 Å². The summed E-state index contributed by atoms with van der Waals surface area (Å²) in [5.74, 6) is 0.632. The van der Waals surface area contributed by atoms with Crippen molar-refractivity contribution < 1.29 is 9.53 Å². The molecular weight excluding hydrogens is 322 g/mol. The van der Waals surface area contributed by atoms with E-state index >= 15 is 0 Å². The Hall–Kier alpha value is -2.73. The van der Waals surface area contributed by atoms with Crippen LogP contribution >= 0.6 is 11.3 Å². The zero-order valence-corrected chi connectivity index (χ0v) is 14.0. The van der Waals surface area contributed by atoms with E-state index in [0.29, 0.717) is 12.3 Å². The highest BCUT2D eigenvalue weighted by atomic mass is 32.1. The van der Waals surface area contributed by atoms with Crippen molar-refractivity contribution in [2.24, 2.45) is 0 Å². The van der Waals surface area contributed by atoms with E-state index < -0.39 is 0 Å². The van der Waals surface area contributed by atoms with Gasteiger partial charge in [-0.3, -0.25) is 14.8 Å². The molecule has 1 amide bonds. The zero-order valence-electron chi connectivity index (χ0n) is 13.2. The van der Waals surface area contributed by atoms with Crippen LogP contribution in [0.1, 0.15) is 11.3 Å². The summed E-state index contributed by atoms with van der Waals surface area (Å²) in [5.41, 5.74) is 3.43. The SMILES string of the molecule is COc1ccccc1CC(=O)NCc1nccnc1-c1ccsc1. The summed E-state index contributed by atoms with van der Waals surface area (Å²) in [4.78, 5) is 21.0. The molecule has 5 nitrogen and oxygen atoms in total. The van der Waals surface area contributed by atoms with Crippen molar-refractivity contribution in [3.8, 4) is 17.0 Å². The molecule has 0 saturated carbocycles. The fourth-order valence-electron chi connectivity index (χ4n) is 2.40. The lowest BCUT2D eigenvalue weighted by atomic mass is 10.1. The lowest BCUT2D eigenvalue weighted by Gasteiger charge is -2.10. The molecule has 0 atom stereocenters. The number of nitrogens with zero attached hydrogens (tertiary/aromatic N) is 2. The second kappa shape index (κ2) is 7.70. The second-order valence-electron chi connectivity index (χ2n) is 5.13. The first-order chi connectivity index (χ1) is 11.8. The topological polar surface area (TPSA) is 64.1 Å². The molecule has 2 heterocycles. The average Bonchev–Trinajstić information content (AvgIpc) is 3.15. The van der Waals surface area contributed by atoms with Crippen LogP contribution in [-0.4, -0.2) is 23.0 Å². The minimum atomic E-state index is -0.0820. The van der Waals surface area contributed by atoms with E-state index in [2.05, 4.69) is 15.3 Å². The minimum Gasteiger partial charge on any atom is -0.496 e. The van der Waals surface area contributed by atoms with Crippen molar-refractivity contribution in [1.29, 1.82) is 0 Å². The number of para-hydroxylation sites is 1. The Morgan fingerprint density at radius 3 is 2.83 bits per heavy atom. The summed E-state index contributed by atoms with van der Waals surface area (Å²) in [6.07, 6.45) is 3.56. The minimum absolute atomic E-state index is 0.0820. The van der Waals surface area contributed by atoms with Crippen LogP contribution in [0.5, 0.6) is 5.75 Å². The van der Waals surface area contributed by atoms with Crippen LogP contribution < -0.4 is 10.1 Å². The Morgan fingerprint density at radius 1 is 1.21 bits per heavy atom. The highest BCUT2D eigenvalue weighted by Gasteiger charge is 2.11. The number of rotatable bonds is 6. The maximum atomic E-state index is 12.2. The van der Waals surface area contributed by atoms with Crippen LogP contribution in [0.2, 0.25) is 0 Å². The van der Waals surface area contributed by atoms with Crippen LogP contribution in [0.4, 0.5) is 0 Å². The number of nitrogens with one attached hydrogen (secondary N) is 1. The van der Waals surface area contributed by atoms with Gasteiger partial charge in [-0.2, -0.15) is 11.3 Å². The number of carbonyl (C=O) groups is 1. The van der Waals surface area contributed by atoms with E-state index in [0.717, 1.165) is 22.5 Å². The van der Waals surface area contributed by atoms with Gasteiger partial charge in [0.1, 0.15) is 5.75 Å². The van der Waals surface area contributed by atoms with E-state index in [1.54, 1.807) is 30.8 Å². The number of hydrogen-bond donors (Lipinski definition) is 1. The van der Waals surface area contributed by atoms with Crippen LogP contribution in [0.25, 0.3) is 11.3 Å². The van der Waals surface area contributed by atoms with Crippen LogP contribution in [0.15, 0.2) is 53.5 Å². The molecule has 3 rings (SSSR count). The molecule has 0 bridgehead atoms. The first-order valence-corrected chi connectivity index (χ1v) is 8.43. The largest absolute Gasteiger partial charge is 0.496 e. The van der Waals surface area contributed by atoms with Crippen molar-refractivity contribution in [3.63, 3.8) is 0 Å². The molecule has 3 aromatic rings. The van der Waals surface area contributed by atoms with Gasteiger partial charge in [0, 0.05) is 28.9 Å². The lowest BCUT2D eigenvalue weighted by molar-refractivity contribution is -0.120. The molecule has 0 aliphatic carbocycles. The van der Waals surface area contributed by atoms with E-state index in [-0.39, 0.29) is 12.3 Å². The highest BCUT2D eigenvalue weighted by Crippen LogP contribution is 2.22. The summed E-state index contributed by atoms with van der Waals surface area (Å²) in [6, 6.07) is 9.50. The van der Waals surface area contributed by atoms with E-state index in [4.69, 9.17) is 4.74 Å². The van der Waals surface area contributed by atoms with E-state index in [9.17, 15) is 4.79 Å². The Kier molecular flexibility index (Phi) is 5.18. The van der Waals surface area contributed by atoms with Gasteiger partial charge in [0.2, 0.25) is 5.91 Å². The third-order valence-electron chi connectivity index (χ3n) is 3.57. The quantitative estimate of drug-likeness (QED) is 0.750. The number of methoxy groups -OCH3 is 1. The third kappa shape index (κ3) is 3.78. The van der Waals surface area contributed by atoms with E-state index in [1.165, 1.54) is 0 Å². The predicted octanol–water partition coefficient (Wildman–Crippen LogP) is 3.07. The van der Waals surface area contributed by atoms with Gasteiger partial charge in [-0.1, -0.05) is 18.2 Å². The molecule has 0 aliphatic heterocycles. The molecule has 1 N–H and O–H groups in total. The molecule has 0 saturated heterocycles. The Labute approximate surface area is 144 Å². The third-order valence-corrected chi connectivity index (χ3v) is 4.25. The summed E-state index contributed by atoms with van der Waals surface area (Å²) in [7, 11) is 1.60. The number of amides is 1. The standard InChI is InChI=1S/C18H17N3O2S/c1-23-16-5-3-2-4-13(16)10-17(22)21-11-15-18(20-8-7-19-15)14-6-9-24-12-14/h2-9,12H,10-11H2,1H3,(H,21,22). The van der Waals surface area contributed by atoms with E-state index in [1.807, 2.05) is 41.1 Å². The number of carbonyl (C=O) groups excluding carboxylic acids is 1. The Bertz CT molecular complexity index is 819. The smallest absolute Gasteiger partial charge is 0.224 e. The molecule has 0 spiro atoms. The predicted molar refractivity (Wildman–Crippen MR) is 93.9 cm³/mol. The maximum Gasteiger partial charge on any atom is 0.224 e. The molecule has 24 heavy (non-hydrogen) atoms. The fourth-order valence-corrected chi connectivity index (χ4v) is 3.04. The molecule has 1 aromatic carbocycles. The molecular formula is C18H17N3O2S. The summed E-state index contributed by atoms with van der Waals surface area (Å²) >= 11 is 1.60. The normalized spacial score (nSPS) is 10.4. The lowest BCUT2D eigenvalue weighted by Crippen LogP contribution is -2.25. The van der Waals surface area contributed by atoms with Crippen molar-refractivity contribution in [1.82, 2.24) is 15.3 Å². The number of benzene rings is 1. The molecule has 2 aromatic heterocycles. The zero-order chi connectivity index (χ0) is 16.8. The number of thiophene rings is 1. The first-order valence-electron chi connectivity index (χ1n) is 7.49. The van der Waals surface area contributed by atoms with Gasteiger partial charge < -0.3 is 10.1 Å². The van der Waals surface area contributed by atoms with Crippen molar-refractivity contribution in [2.75, 3.05) is 7.11 Å². The summed E-state index contributed by atoms with van der Waals surface area (Å²) in [5, 5.41) is 6.92. The Morgan fingerprint density at radius 2 is 2.04 bits per heavy atom. The van der Waals surface area contributed by atoms with Gasteiger partial charge in [0.05, 0.1) is 31.5 Å². The van der Waals surface area contributed by atoms with Crippen molar-refractivity contribution in [3.05, 3.63) is 64.7 Å². The molecule has 0 unspecified atom stereocenters. The summed E-state index contributed by atoms with van der Waals surface area (Å²) in [6.45, 7) is 0.340. The van der Waals surface area contributed by atoms with Gasteiger partial charge in [-0.15, -0.1) is 0 Å².